The summed E-state index contributed by atoms with van der Waals surface area (Å²) in [4.78, 5) is 13.6. The van der Waals surface area contributed by atoms with Crippen LogP contribution in [0, 0.1) is 0 Å². The van der Waals surface area contributed by atoms with Crippen LogP contribution in [0.25, 0.3) is 6.08 Å². The first kappa shape index (κ1) is 11.7. The first-order chi connectivity index (χ1) is 8.09. The van der Waals surface area contributed by atoms with Crippen molar-refractivity contribution >= 4 is 12.0 Å². The lowest BCUT2D eigenvalue weighted by atomic mass is 10.1. The molecule has 0 fully saturated rings. The molecule has 0 radical (unpaired) electrons. The molecule has 17 heavy (non-hydrogen) atoms. The van der Waals surface area contributed by atoms with Gasteiger partial charge in [-0.25, -0.2) is 0 Å². The molecule has 0 N–H and O–H groups in total. The zero-order chi connectivity index (χ0) is 12.4. The Balaban J connectivity index is 2.49. The highest BCUT2D eigenvalue weighted by atomic mass is 16.5. The maximum Gasteiger partial charge on any atom is 0.257 e. The van der Waals surface area contributed by atoms with Crippen LogP contribution >= 0.6 is 0 Å². The maximum atomic E-state index is 12.1. The second kappa shape index (κ2) is 4.62. The van der Waals surface area contributed by atoms with Gasteiger partial charge in [-0.05, 0) is 13.0 Å². The minimum atomic E-state index is -0.0237. The third-order valence-electron chi connectivity index (χ3n) is 2.77. The number of carbonyl (C=O) groups excluding carboxylic acids is 1. The Morgan fingerprint density at radius 3 is 2.88 bits per heavy atom. The van der Waals surface area contributed by atoms with Gasteiger partial charge >= 0.3 is 0 Å². The summed E-state index contributed by atoms with van der Waals surface area (Å²) in [5.74, 6) is 0.678. The van der Waals surface area contributed by atoms with E-state index in [2.05, 4.69) is 6.08 Å². The van der Waals surface area contributed by atoms with Gasteiger partial charge in [-0.15, -0.1) is 0 Å². The van der Waals surface area contributed by atoms with Gasteiger partial charge in [-0.1, -0.05) is 24.3 Å². The van der Waals surface area contributed by atoms with Crippen LogP contribution in [-0.2, 0) is 0 Å². The number of hydrogen-bond acceptors (Lipinski definition) is 2. The van der Waals surface area contributed by atoms with E-state index in [1.54, 1.807) is 19.0 Å². The van der Waals surface area contributed by atoms with E-state index in [1.807, 2.05) is 31.2 Å². The smallest absolute Gasteiger partial charge is 0.257 e. The second-order valence-corrected chi connectivity index (χ2v) is 4.49. The van der Waals surface area contributed by atoms with Gasteiger partial charge < -0.3 is 9.64 Å². The van der Waals surface area contributed by atoms with Crippen LogP contribution < -0.4 is 4.74 Å². The molecule has 3 heteroatoms. The van der Waals surface area contributed by atoms with Crippen LogP contribution in [0.1, 0.15) is 29.3 Å². The Bertz CT molecular complexity index is 463. The van der Waals surface area contributed by atoms with E-state index in [0.29, 0.717) is 11.3 Å². The third-order valence-corrected chi connectivity index (χ3v) is 2.77. The molecule has 1 unspecified atom stereocenters. The predicted octanol–water partition coefficient (Wildman–Crippen LogP) is 2.57. The van der Waals surface area contributed by atoms with Gasteiger partial charge in [-0.3, -0.25) is 4.79 Å². The molecule has 1 aliphatic heterocycles. The van der Waals surface area contributed by atoms with E-state index >= 15 is 0 Å². The SMILES string of the molecule is CC1CC=Cc2cccc(C(=O)N(C)C)c2O1. The number of benzene rings is 1. The van der Waals surface area contributed by atoms with E-state index in [1.165, 1.54) is 0 Å². The van der Waals surface area contributed by atoms with Gasteiger partial charge in [0.05, 0.1) is 11.7 Å². The van der Waals surface area contributed by atoms with Crippen molar-refractivity contribution in [3.63, 3.8) is 0 Å². The molecule has 1 amide bonds. The number of nitrogens with zero attached hydrogens (tertiary/aromatic N) is 1. The Labute approximate surface area is 102 Å². The Morgan fingerprint density at radius 1 is 1.41 bits per heavy atom. The normalized spacial score (nSPS) is 17.9. The summed E-state index contributed by atoms with van der Waals surface area (Å²) in [6.45, 7) is 2.01. The van der Waals surface area contributed by atoms with Crippen LogP contribution in [0.2, 0.25) is 0 Å². The number of para-hydroxylation sites is 1. The summed E-state index contributed by atoms with van der Waals surface area (Å²) in [7, 11) is 3.50. The number of rotatable bonds is 1. The van der Waals surface area contributed by atoms with E-state index in [9.17, 15) is 4.79 Å². The molecule has 1 aromatic rings. The lowest BCUT2D eigenvalue weighted by Crippen LogP contribution is -2.23. The first-order valence-corrected chi connectivity index (χ1v) is 5.77. The molecule has 0 bridgehead atoms. The zero-order valence-electron chi connectivity index (χ0n) is 10.4. The van der Waals surface area contributed by atoms with E-state index < -0.39 is 0 Å². The summed E-state index contributed by atoms with van der Waals surface area (Å²) in [6.07, 6.45) is 5.07. The lowest BCUT2D eigenvalue weighted by Gasteiger charge is -2.18. The van der Waals surface area contributed by atoms with Gasteiger partial charge in [0.15, 0.2) is 0 Å². The molecule has 0 saturated carbocycles. The highest BCUT2D eigenvalue weighted by Crippen LogP contribution is 2.30. The highest BCUT2D eigenvalue weighted by molar-refractivity contribution is 5.97. The van der Waals surface area contributed by atoms with Gasteiger partial charge in [0.1, 0.15) is 5.75 Å². The Kier molecular flexibility index (Phi) is 3.18. The van der Waals surface area contributed by atoms with Gasteiger partial charge in [-0.2, -0.15) is 0 Å². The van der Waals surface area contributed by atoms with Crippen LogP contribution in [-0.4, -0.2) is 31.0 Å². The molecule has 1 aliphatic rings. The molecular weight excluding hydrogens is 214 g/mol. The topological polar surface area (TPSA) is 29.5 Å². The molecular formula is C14H17NO2. The summed E-state index contributed by atoms with van der Waals surface area (Å²) in [5, 5.41) is 0. The van der Waals surface area contributed by atoms with Gasteiger partial charge in [0.2, 0.25) is 0 Å². The summed E-state index contributed by atoms with van der Waals surface area (Å²) in [5.41, 5.74) is 1.60. The highest BCUT2D eigenvalue weighted by Gasteiger charge is 2.19. The van der Waals surface area contributed by atoms with Gasteiger partial charge in [0, 0.05) is 26.1 Å². The summed E-state index contributed by atoms with van der Waals surface area (Å²) in [6, 6.07) is 5.67. The zero-order valence-corrected chi connectivity index (χ0v) is 10.4. The first-order valence-electron chi connectivity index (χ1n) is 5.77. The number of ether oxygens (including phenoxy) is 1. The van der Waals surface area contributed by atoms with Crippen molar-refractivity contribution in [2.75, 3.05) is 14.1 Å². The van der Waals surface area contributed by atoms with E-state index in [4.69, 9.17) is 4.74 Å². The van der Waals surface area contributed by atoms with Crippen molar-refractivity contribution in [2.45, 2.75) is 19.4 Å². The monoisotopic (exact) mass is 231 g/mol. The molecule has 3 nitrogen and oxygen atoms in total. The fourth-order valence-electron chi connectivity index (χ4n) is 1.86. The Hall–Kier alpha value is -1.77. The van der Waals surface area contributed by atoms with Crippen molar-refractivity contribution < 1.29 is 9.53 Å². The number of amides is 1. The number of carbonyl (C=O) groups is 1. The van der Waals surface area contributed by atoms with Crippen LogP contribution in [0.5, 0.6) is 5.75 Å². The minimum absolute atomic E-state index is 0.0237. The lowest BCUT2D eigenvalue weighted by molar-refractivity contribution is 0.0821. The summed E-state index contributed by atoms with van der Waals surface area (Å²) < 4.78 is 5.85. The average Bonchev–Trinajstić information content (AvgIpc) is 2.48. The molecule has 90 valence electrons. The number of fused-ring (bicyclic) bond motifs is 1. The fraction of sp³-hybridized carbons (Fsp3) is 0.357. The molecule has 0 saturated heterocycles. The average molecular weight is 231 g/mol. The molecule has 1 atom stereocenters. The van der Waals surface area contributed by atoms with Gasteiger partial charge in [0.25, 0.3) is 5.91 Å². The van der Waals surface area contributed by atoms with E-state index in [-0.39, 0.29) is 12.0 Å². The van der Waals surface area contributed by atoms with Crippen molar-refractivity contribution in [3.05, 3.63) is 35.4 Å². The molecule has 0 spiro atoms. The maximum absolute atomic E-state index is 12.1. The standard InChI is InChI=1S/C14H17NO2/c1-10-6-4-7-11-8-5-9-12(13(11)17-10)14(16)15(2)3/h4-5,7-10H,6H2,1-3H3. The molecule has 0 aromatic heterocycles. The van der Waals surface area contributed by atoms with Crippen molar-refractivity contribution in [1.29, 1.82) is 0 Å². The van der Waals surface area contributed by atoms with Crippen molar-refractivity contribution in [2.24, 2.45) is 0 Å². The Morgan fingerprint density at radius 2 is 2.18 bits per heavy atom. The van der Waals surface area contributed by atoms with Crippen molar-refractivity contribution in [1.82, 2.24) is 4.90 Å². The summed E-state index contributed by atoms with van der Waals surface area (Å²) >= 11 is 0. The van der Waals surface area contributed by atoms with Crippen LogP contribution in [0.15, 0.2) is 24.3 Å². The number of hydrogen-bond donors (Lipinski definition) is 0. The fourth-order valence-corrected chi connectivity index (χ4v) is 1.86. The molecule has 1 aromatic carbocycles. The predicted molar refractivity (Wildman–Crippen MR) is 68.2 cm³/mol. The quantitative estimate of drug-likeness (QED) is 0.743. The van der Waals surface area contributed by atoms with E-state index in [0.717, 1.165) is 12.0 Å². The van der Waals surface area contributed by atoms with Crippen LogP contribution in [0.4, 0.5) is 0 Å². The third kappa shape index (κ3) is 2.33. The second-order valence-electron chi connectivity index (χ2n) is 4.49. The molecule has 2 rings (SSSR count). The molecule has 1 heterocycles. The van der Waals surface area contributed by atoms with Crippen molar-refractivity contribution in [3.8, 4) is 5.75 Å². The minimum Gasteiger partial charge on any atom is -0.489 e. The van der Waals surface area contributed by atoms with Crippen LogP contribution in [0.3, 0.4) is 0 Å². The molecule has 0 aliphatic carbocycles. The largest absolute Gasteiger partial charge is 0.489 e.